The summed E-state index contributed by atoms with van der Waals surface area (Å²) in [5.41, 5.74) is 5.72. The highest BCUT2D eigenvalue weighted by molar-refractivity contribution is 5.43. The Balaban J connectivity index is 2.28. The van der Waals surface area contributed by atoms with Crippen LogP contribution in [-0.2, 0) is 6.42 Å². The topological polar surface area (TPSA) is 70.3 Å². The summed E-state index contributed by atoms with van der Waals surface area (Å²) in [5, 5.41) is 0. The van der Waals surface area contributed by atoms with Crippen molar-refractivity contribution in [1.82, 2.24) is 9.97 Å². The summed E-state index contributed by atoms with van der Waals surface area (Å²) >= 11 is 0. The van der Waals surface area contributed by atoms with E-state index in [1.54, 1.807) is 6.07 Å². The number of para-hydroxylation sites is 2. The third-order valence-corrected chi connectivity index (χ3v) is 2.45. The minimum Gasteiger partial charge on any atom is -0.490 e. The molecule has 0 aliphatic rings. The Morgan fingerprint density at radius 2 is 1.84 bits per heavy atom. The first kappa shape index (κ1) is 13.1. The largest absolute Gasteiger partial charge is 0.490 e. The summed E-state index contributed by atoms with van der Waals surface area (Å²) in [6.07, 6.45) is 0.703. The zero-order valence-electron chi connectivity index (χ0n) is 11.1. The number of nitrogens with zero attached hydrogens (tertiary/aromatic N) is 2. The van der Waals surface area contributed by atoms with Crippen molar-refractivity contribution in [3.8, 4) is 17.4 Å². The van der Waals surface area contributed by atoms with Gasteiger partial charge >= 0.3 is 0 Å². The minimum atomic E-state index is 0.399. The molecule has 5 heteroatoms. The van der Waals surface area contributed by atoms with Gasteiger partial charge in [-0.1, -0.05) is 19.1 Å². The number of nitrogens with two attached hydrogens (primary N) is 1. The third-order valence-electron chi connectivity index (χ3n) is 2.45. The maximum absolute atomic E-state index is 5.73. The van der Waals surface area contributed by atoms with Crippen molar-refractivity contribution < 1.29 is 9.47 Å². The molecule has 0 radical (unpaired) electrons. The van der Waals surface area contributed by atoms with Crippen LogP contribution in [0.5, 0.6) is 17.4 Å². The van der Waals surface area contributed by atoms with Gasteiger partial charge in [0.25, 0.3) is 0 Å². The van der Waals surface area contributed by atoms with E-state index in [0.29, 0.717) is 42.0 Å². The molecule has 0 aliphatic carbocycles. The van der Waals surface area contributed by atoms with E-state index in [9.17, 15) is 0 Å². The molecule has 0 unspecified atom stereocenters. The average molecular weight is 259 g/mol. The Morgan fingerprint density at radius 1 is 1.11 bits per heavy atom. The second-order valence-corrected chi connectivity index (χ2v) is 3.88. The number of anilines is 1. The molecular formula is C14H17N3O2. The summed E-state index contributed by atoms with van der Waals surface area (Å²) < 4.78 is 11.2. The van der Waals surface area contributed by atoms with Crippen LogP contribution in [-0.4, -0.2) is 16.6 Å². The van der Waals surface area contributed by atoms with Gasteiger partial charge in [0, 0.05) is 12.5 Å². The summed E-state index contributed by atoms with van der Waals surface area (Å²) in [6.45, 7) is 4.47. The van der Waals surface area contributed by atoms with Gasteiger partial charge in [0.1, 0.15) is 11.6 Å². The van der Waals surface area contributed by atoms with E-state index in [0.717, 1.165) is 0 Å². The van der Waals surface area contributed by atoms with Gasteiger partial charge in [-0.2, -0.15) is 4.98 Å². The Kier molecular flexibility index (Phi) is 4.18. The van der Waals surface area contributed by atoms with Gasteiger partial charge in [0.05, 0.1) is 6.61 Å². The quantitative estimate of drug-likeness (QED) is 0.894. The second-order valence-electron chi connectivity index (χ2n) is 3.88. The van der Waals surface area contributed by atoms with Gasteiger partial charge in [-0.15, -0.1) is 0 Å². The molecule has 0 atom stereocenters. The molecule has 19 heavy (non-hydrogen) atoms. The Hall–Kier alpha value is -2.30. The first-order chi connectivity index (χ1) is 9.22. The van der Waals surface area contributed by atoms with Crippen LogP contribution < -0.4 is 15.2 Å². The number of ether oxygens (including phenoxy) is 2. The number of benzene rings is 1. The molecule has 0 aliphatic heterocycles. The molecule has 0 spiro atoms. The van der Waals surface area contributed by atoms with Crippen LogP contribution in [0.1, 0.15) is 19.7 Å². The van der Waals surface area contributed by atoms with E-state index in [1.807, 2.05) is 38.1 Å². The highest BCUT2D eigenvalue weighted by Crippen LogP contribution is 2.30. The van der Waals surface area contributed by atoms with E-state index in [-0.39, 0.29) is 0 Å². The van der Waals surface area contributed by atoms with E-state index in [4.69, 9.17) is 15.2 Å². The maximum Gasteiger partial charge on any atom is 0.224 e. The van der Waals surface area contributed by atoms with Gasteiger partial charge in [-0.05, 0) is 19.1 Å². The average Bonchev–Trinajstić information content (AvgIpc) is 2.40. The van der Waals surface area contributed by atoms with Crippen molar-refractivity contribution in [2.75, 3.05) is 12.3 Å². The molecule has 0 bridgehead atoms. The molecule has 0 saturated heterocycles. The lowest BCUT2D eigenvalue weighted by atomic mass is 10.3. The van der Waals surface area contributed by atoms with Gasteiger partial charge in [-0.25, -0.2) is 4.98 Å². The second kappa shape index (κ2) is 6.04. The van der Waals surface area contributed by atoms with Crippen molar-refractivity contribution in [3.05, 3.63) is 36.2 Å². The van der Waals surface area contributed by atoms with Crippen molar-refractivity contribution in [2.45, 2.75) is 20.3 Å². The van der Waals surface area contributed by atoms with E-state index >= 15 is 0 Å². The van der Waals surface area contributed by atoms with Crippen LogP contribution in [0.25, 0.3) is 0 Å². The van der Waals surface area contributed by atoms with E-state index < -0.39 is 0 Å². The molecule has 1 aromatic carbocycles. The molecule has 0 saturated carbocycles. The van der Waals surface area contributed by atoms with Crippen molar-refractivity contribution in [3.63, 3.8) is 0 Å². The molecule has 100 valence electrons. The molecule has 5 nitrogen and oxygen atoms in total. The number of aryl methyl sites for hydroxylation is 1. The molecule has 1 heterocycles. The Labute approximate surface area is 112 Å². The summed E-state index contributed by atoms with van der Waals surface area (Å²) in [5.74, 6) is 2.78. The minimum absolute atomic E-state index is 0.399. The fourth-order valence-corrected chi connectivity index (χ4v) is 1.62. The summed E-state index contributed by atoms with van der Waals surface area (Å²) in [7, 11) is 0. The number of rotatable bonds is 5. The lowest BCUT2D eigenvalue weighted by Crippen LogP contribution is -2.01. The first-order valence-corrected chi connectivity index (χ1v) is 6.26. The predicted octanol–water partition coefficient (Wildman–Crippen LogP) is 2.81. The number of aromatic nitrogens is 2. The van der Waals surface area contributed by atoms with E-state index in [2.05, 4.69) is 9.97 Å². The molecule has 2 N–H and O–H groups in total. The van der Waals surface area contributed by atoms with Crippen LogP contribution in [0, 0.1) is 0 Å². The summed E-state index contributed by atoms with van der Waals surface area (Å²) in [4.78, 5) is 8.39. The lowest BCUT2D eigenvalue weighted by molar-refractivity contribution is 0.319. The molecule has 2 rings (SSSR count). The normalized spacial score (nSPS) is 10.2. The SMILES string of the molecule is CCOc1ccccc1Oc1cc(N)nc(CC)n1. The fourth-order valence-electron chi connectivity index (χ4n) is 1.62. The van der Waals surface area contributed by atoms with Gasteiger partial charge in [0.15, 0.2) is 11.5 Å². The van der Waals surface area contributed by atoms with Crippen molar-refractivity contribution in [1.29, 1.82) is 0 Å². The Morgan fingerprint density at radius 3 is 2.53 bits per heavy atom. The van der Waals surface area contributed by atoms with E-state index in [1.165, 1.54) is 0 Å². The summed E-state index contributed by atoms with van der Waals surface area (Å²) in [6, 6.07) is 9.05. The van der Waals surface area contributed by atoms with Crippen LogP contribution >= 0.6 is 0 Å². The molecular weight excluding hydrogens is 242 g/mol. The van der Waals surface area contributed by atoms with Crippen LogP contribution in [0.4, 0.5) is 5.82 Å². The third kappa shape index (κ3) is 3.34. The number of hydrogen-bond donors (Lipinski definition) is 1. The molecule has 1 aromatic heterocycles. The van der Waals surface area contributed by atoms with Gasteiger partial charge in [-0.3, -0.25) is 0 Å². The van der Waals surface area contributed by atoms with Crippen LogP contribution in [0.2, 0.25) is 0 Å². The Bertz CT molecular complexity index is 558. The zero-order valence-corrected chi connectivity index (χ0v) is 11.1. The maximum atomic E-state index is 5.73. The fraction of sp³-hybridized carbons (Fsp3) is 0.286. The van der Waals surface area contributed by atoms with Crippen LogP contribution in [0.15, 0.2) is 30.3 Å². The predicted molar refractivity (Wildman–Crippen MR) is 73.5 cm³/mol. The van der Waals surface area contributed by atoms with Crippen molar-refractivity contribution >= 4 is 5.82 Å². The first-order valence-electron chi connectivity index (χ1n) is 6.26. The highest BCUT2D eigenvalue weighted by atomic mass is 16.5. The monoisotopic (exact) mass is 259 g/mol. The standard InChI is InChI=1S/C14H17N3O2/c1-3-13-16-12(15)9-14(17-13)19-11-8-6-5-7-10(11)18-4-2/h5-9H,3-4H2,1-2H3,(H2,15,16,17). The van der Waals surface area contributed by atoms with Gasteiger partial charge in [0.2, 0.25) is 5.88 Å². The molecule has 0 fully saturated rings. The number of nitrogen functional groups attached to an aromatic ring is 1. The smallest absolute Gasteiger partial charge is 0.224 e. The molecule has 2 aromatic rings. The molecule has 0 amide bonds. The zero-order chi connectivity index (χ0) is 13.7. The lowest BCUT2D eigenvalue weighted by Gasteiger charge is -2.11. The number of hydrogen-bond acceptors (Lipinski definition) is 5. The van der Waals surface area contributed by atoms with Gasteiger partial charge < -0.3 is 15.2 Å². The van der Waals surface area contributed by atoms with Crippen LogP contribution in [0.3, 0.4) is 0 Å². The van der Waals surface area contributed by atoms with Crippen molar-refractivity contribution in [2.24, 2.45) is 0 Å². The highest BCUT2D eigenvalue weighted by Gasteiger charge is 2.08.